The van der Waals surface area contributed by atoms with E-state index >= 15 is 0 Å². The molecule has 1 unspecified atom stereocenters. The minimum Gasteiger partial charge on any atom is -0.462 e. The van der Waals surface area contributed by atoms with Gasteiger partial charge < -0.3 is 4.74 Å². The zero-order chi connectivity index (χ0) is 18.7. The zero-order valence-corrected chi connectivity index (χ0v) is 16.8. The van der Waals surface area contributed by atoms with Crippen LogP contribution in [0.15, 0.2) is 11.6 Å². The van der Waals surface area contributed by atoms with Gasteiger partial charge in [-0.25, -0.2) is 0 Å². The van der Waals surface area contributed by atoms with E-state index in [4.69, 9.17) is 4.74 Å². The first kappa shape index (κ1) is 18.3. The fourth-order valence-corrected chi connectivity index (χ4v) is 7.63. The van der Waals surface area contributed by atoms with E-state index in [0.29, 0.717) is 11.7 Å². The summed E-state index contributed by atoms with van der Waals surface area (Å²) >= 11 is 0. The third kappa shape index (κ3) is 2.60. The summed E-state index contributed by atoms with van der Waals surface area (Å²) in [6, 6.07) is 0. The predicted molar refractivity (Wildman–Crippen MR) is 101 cm³/mol. The van der Waals surface area contributed by atoms with Crippen LogP contribution in [0.5, 0.6) is 0 Å². The lowest BCUT2D eigenvalue weighted by Gasteiger charge is -2.58. The molecule has 3 saturated carbocycles. The van der Waals surface area contributed by atoms with Crippen LogP contribution < -0.4 is 0 Å². The monoisotopic (exact) mass is 358 g/mol. The maximum atomic E-state index is 12.2. The van der Waals surface area contributed by atoms with Gasteiger partial charge in [0.25, 0.3) is 0 Å². The lowest BCUT2D eigenvalue weighted by molar-refractivity contribution is -0.149. The largest absolute Gasteiger partial charge is 0.462 e. The number of carbonyl (C=O) groups excluding carboxylic acids is 2. The van der Waals surface area contributed by atoms with Gasteiger partial charge in [-0.05, 0) is 80.5 Å². The quantitative estimate of drug-likeness (QED) is 0.510. The number of hydrogen-bond acceptors (Lipinski definition) is 3. The molecule has 0 aromatic carbocycles. The molecule has 0 amide bonds. The normalized spacial score (nSPS) is 47.2. The molecule has 0 bridgehead atoms. The van der Waals surface area contributed by atoms with Crippen LogP contribution in [0.3, 0.4) is 0 Å². The fourth-order valence-electron chi connectivity index (χ4n) is 7.63. The molecule has 0 aliphatic heterocycles. The molecule has 7 atom stereocenters. The zero-order valence-electron chi connectivity index (χ0n) is 16.8. The molecule has 3 heteroatoms. The van der Waals surface area contributed by atoms with Crippen molar-refractivity contribution in [3.63, 3.8) is 0 Å². The Labute approximate surface area is 157 Å². The van der Waals surface area contributed by atoms with E-state index in [2.05, 4.69) is 19.9 Å². The van der Waals surface area contributed by atoms with Gasteiger partial charge in [0.15, 0.2) is 0 Å². The van der Waals surface area contributed by atoms with Crippen molar-refractivity contribution in [3.8, 4) is 0 Å². The van der Waals surface area contributed by atoms with Gasteiger partial charge in [0, 0.05) is 19.3 Å². The summed E-state index contributed by atoms with van der Waals surface area (Å²) < 4.78 is 5.53. The van der Waals surface area contributed by atoms with Crippen LogP contribution in [0.25, 0.3) is 0 Å². The number of allylic oxidation sites excluding steroid dienone is 1. The Kier molecular flexibility index (Phi) is 4.36. The summed E-state index contributed by atoms with van der Waals surface area (Å²) in [6.07, 6.45) is 11.6. The summed E-state index contributed by atoms with van der Waals surface area (Å²) in [4.78, 5) is 23.6. The minimum absolute atomic E-state index is 0.0748. The molecule has 26 heavy (non-hydrogen) atoms. The molecule has 3 nitrogen and oxygen atoms in total. The van der Waals surface area contributed by atoms with E-state index in [1.54, 1.807) is 12.5 Å². The second-order valence-corrected chi connectivity index (χ2v) is 10.0. The van der Waals surface area contributed by atoms with Gasteiger partial charge in [0.1, 0.15) is 11.9 Å². The molecule has 4 aliphatic carbocycles. The molecule has 4 aliphatic rings. The van der Waals surface area contributed by atoms with Gasteiger partial charge in [-0.15, -0.1) is 0 Å². The van der Waals surface area contributed by atoms with E-state index in [1.165, 1.54) is 26.2 Å². The van der Waals surface area contributed by atoms with Crippen LogP contribution in [0, 0.1) is 34.5 Å². The number of fused-ring (bicyclic) bond motifs is 5. The van der Waals surface area contributed by atoms with Crippen molar-refractivity contribution < 1.29 is 14.3 Å². The molecule has 0 saturated heterocycles. The summed E-state index contributed by atoms with van der Waals surface area (Å²) in [5, 5.41) is 0. The second-order valence-electron chi connectivity index (χ2n) is 10.0. The Morgan fingerprint density at radius 3 is 2.50 bits per heavy atom. The van der Waals surface area contributed by atoms with Gasteiger partial charge in [-0.3, -0.25) is 9.59 Å². The number of carbonyl (C=O) groups is 2. The number of ether oxygens (including phenoxy) is 1. The fraction of sp³-hybridized carbons (Fsp3) is 0.826. The van der Waals surface area contributed by atoms with Crippen molar-refractivity contribution in [1.82, 2.24) is 0 Å². The smallest absolute Gasteiger partial charge is 0.302 e. The van der Waals surface area contributed by atoms with E-state index in [9.17, 15) is 9.59 Å². The number of rotatable bonds is 2. The van der Waals surface area contributed by atoms with E-state index in [1.807, 2.05) is 0 Å². The predicted octanol–water partition coefficient (Wildman–Crippen LogP) is 5.09. The molecule has 0 N–H and O–H groups in total. The molecular weight excluding hydrogens is 324 g/mol. The van der Waals surface area contributed by atoms with E-state index in [-0.39, 0.29) is 28.8 Å². The molecule has 0 radical (unpaired) electrons. The third-order valence-corrected chi connectivity index (χ3v) is 8.88. The molecule has 0 aromatic heterocycles. The van der Waals surface area contributed by atoms with Crippen LogP contribution in [0.1, 0.15) is 79.1 Å². The summed E-state index contributed by atoms with van der Waals surface area (Å²) in [5.41, 5.74) is 2.04. The maximum absolute atomic E-state index is 12.2. The molecule has 0 aromatic rings. The average molecular weight is 359 g/mol. The standard InChI is InChI=1S/C23H34O3/c1-14(24)19-7-8-20-18-6-5-16-13-17(26-15(2)25)9-11-22(16,3)21(18)10-12-23(19,20)4/h5,17-21H,6-13H2,1-4H3/t17-,18+,19?,20+,21+,22+,23-/m1/s1. The van der Waals surface area contributed by atoms with Crippen LogP contribution in [-0.4, -0.2) is 17.9 Å². The Bertz CT molecular complexity index is 650. The first-order valence-electron chi connectivity index (χ1n) is 10.6. The summed E-state index contributed by atoms with van der Waals surface area (Å²) in [5.74, 6) is 2.72. The van der Waals surface area contributed by atoms with Gasteiger partial charge >= 0.3 is 5.97 Å². The van der Waals surface area contributed by atoms with Gasteiger partial charge in [-0.1, -0.05) is 25.5 Å². The Hall–Kier alpha value is -1.12. The van der Waals surface area contributed by atoms with Gasteiger partial charge in [-0.2, -0.15) is 0 Å². The number of esters is 1. The summed E-state index contributed by atoms with van der Waals surface area (Å²) in [7, 11) is 0. The Morgan fingerprint density at radius 1 is 1.04 bits per heavy atom. The SMILES string of the molecule is CC(=O)O[C@@H]1CC[C@@]2(C)C(=CC[C@@H]3[C@@H]2CC[C@]2(C)C(C(C)=O)CC[C@@H]32)C1. The number of ketones is 1. The summed E-state index contributed by atoms with van der Waals surface area (Å²) in [6.45, 7) is 8.21. The molecule has 4 rings (SSSR count). The first-order valence-corrected chi connectivity index (χ1v) is 10.6. The van der Waals surface area contributed by atoms with Crippen molar-refractivity contribution in [2.45, 2.75) is 85.2 Å². The molecule has 3 fully saturated rings. The van der Waals surface area contributed by atoms with Crippen molar-refractivity contribution >= 4 is 11.8 Å². The topological polar surface area (TPSA) is 43.4 Å². The van der Waals surface area contributed by atoms with Gasteiger partial charge in [0.2, 0.25) is 0 Å². The van der Waals surface area contributed by atoms with E-state index < -0.39 is 0 Å². The second kappa shape index (κ2) is 6.21. The van der Waals surface area contributed by atoms with Crippen molar-refractivity contribution in [2.24, 2.45) is 34.5 Å². The Morgan fingerprint density at radius 2 is 1.81 bits per heavy atom. The van der Waals surface area contributed by atoms with Gasteiger partial charge in [0.05, 0.1) is 0 Å². The van der Waals surface area contributed by atoms with Crippen LogP contribution in [0.2, 0.25) is 0 Å². The van der Waals surface area contributed by atoms with Crippen LogP contribution in [0.4, 0.5) is 0 Å². The lowest BCUT2D eigenvalue weighted by atomic mass is 9.47. The molecule has 0 spiro atoms. The van der Waals surface area contributed by atoms with E-state index in [0.717, 1.165) is 43.9 Å². The lowest BCUT2D eigenvalue weighted by Crippen LogP contribution is -2.51. The number of Topliss-reactive ketones (excluding diaryl/α,β-unsaturated/α-hetero) is 1. The average Bonchev–Trinajstić information content (AvgIpc) is 2.92. The highest BCUT2D eigenvalue weighted by molar-refractivity contribution is 5.79. The van der Waals surface area contributed by atoms with Crippen LogP contribution >= 0.6 is 0 Å². The molecule has 144 valence electrons. The molecule has 0 heterocycles. The van der Waals surface area contributed by atoms with Crippen molar-refractivity contribution in [3.05, 3.63) is 11.6 Å². The van der Waals surface area contributed by atoms with Crippen molar-refractivity contribution in [1.29, 1.82) is 0 Å². The highest BCUT2D eigenvalue weighted by Crippen LogP contribution is 2.66. The van der Waals surface area contributed by atoms with Crippen LogP contribution in [-0.2, 0) is 14.3 Å². The highest BCUT2D eigenvalue weighted by atomic mass is 16.5. The van der Waals surface area contributed by atoms with Crippen molar-refractivity contribution in [2.75, 3.05) is 0 Å². The minimum atomic E-state index is -0.150. The number of hydrogen-bond donors (Lipinski definition) is 0. The highest BCUT2D eigenvalue weighted by Gasteiger charge is 2.59. The first-order chi connectivity index (χ1) is 12.3. The molecular formula is C23H34O3. The third-order valence-electron chi connectivity index (χ3n) is 8.88. The maximum Gasteiger partial charge on any atom is 0.302 e. The Balaban J connectivity index is 1.59.